The number of aryl methyl sites for hydroxylation is 2. The maximum Gasteiger partial charge on any atom is 0.413 e. The van der Waals surface area contributed by atoms with Crippen molar-refractivity contribution in [1.82, 2.24) is 88.6 Å². The van der Waals surface area contributed by atoms with Gasteiger partial charge < -0.3 is 58.0 Å². The maximum atomic E-state index is 13.1. The van der Waals surface area contributed by atoms with Crippen molar-refractivity contribution < 1.29 is 33.4 Å². The molecule has 1 aliphatic rings. The van der Waals surface area contributed by atoms with Crippen molar-refractivity contribution in [3.63, 3.8) is 0 Å². The molecule has 30 heteroatoms. The van der Waals surface area contributed by atoms with Crippen LogP contribution in [0.4, 0.5) is 32.2 Å². The normalized spacial score (nSPS) is 12.4. The highest BCUT2D eigenvalue weighted by molar-refractivity contribution is 6.00. The molecule has 0 spiro atoms. The predicted octanol–water partition coefficient (Wildman–Crippen LogP) is 11.0. The Balaban J connectivity index is 0.000000148. The molecule has 1 saturated heterocycles. The van der Waals surface area contributed by atoms with Gasteiger partial charge in [0, 0.05) is 129 Å². The summed E-state index contributed by atoms with van der Waals surface area (Å²) < 4.78 is 20.4. The molecular formula is C75H77N21O9. The van der Waals surface area contributed by atoms with E-state index in [-0.39, 0.29) is 54.2 Å². The van der Waals surface area contributed by atoms with Gasteiger partial charge in [-0.25, -0.2) is 44.3 Å². The van der Waals surface area contributed by atoms with E-state index in [2.05, 4.69) is 86.0 Å². The fourth-order valence-corrected chi connectivity index (χ4v) is 12.2. The molecule has 10 aromatic heterocycles. The van der Waals surface area contributed by atoms with E-state index in [9.17, 15) is 28.8 Å². The van der Waals surface area contributed by atoms with Crippen molar-refractivity contribution >= 4 is 75.1 Å². The molecule has 14 rings (SSSR count). The first-order valence-electron chi connectivity index (χ1n) is 33.9. The molecule has 1 atom stereocenters. The topological polar surface area (TPSA) is 363 Å². The standard InChI is InChI=1S/C27H24N6O3.C25H28N6O3.C23H25N9O3/c1-3-36-27(35)32-26-30-23-14-20(13-21(25(23)31-26)22-6-4-5-9-29-22)19-12-17(2)33(24(34)15-19)16-18-7-10-28-11-8-18;1-5-26-25(33)30-24-28-21-12-18(11-19(23(21)29-24)20-8-6-7-9-27-20)17-10-15(2)31(22(32)13-17)16(3)14-34-4;1-3-35-23(34)29-22-27-17-12-15(11-16(19(17)28-22)20-24-5-4-6-25-20)32-13-18(26-14-32)21(33)31-9-7-30(2)8-10-31/h4-15H,3,16H2,1-2H3,(H2,30,31,32,35);6-13,16H,5,14H2,1-4H3,(H3,26,28,29,30,33);4-6,11-14H,3,7-10H2,1-2H3,(H2,27,28,29,34). The highest BCUT2D eigenvalue weighted by Crippen LogP contribution is 2.36. The number of pyridine rings is 5. The summed E-state index contributed by atoms with van der Waals surface area (Å²) >= 11 is 0. The van der Waals surface area contributed by atoms with Gasteiger partial charge in [-0.2, -0.15) is 0 Å². The van der Waals surface area contributed by atoms with E-state index in [1.54, 1.807) is 103 Å². The van der Waals surface area contributed by atoms with Gasteiger partial charge in [0.05, 0.1) is 71.4 Å². The minimum Gasteiger partial charge on any atom is -0.450 e. The number of hydrogen-bond acceptors (Lipinski definition) is 19. The fraction of sp³-hybridized carbons (Fsp3) is 0.240. The predicted molar refractivity (Wildman–Crippen MR) is 399 cm³/mol. The van der Waals surface area contributed by atoms with E-state index in [1.165, 1.54) is 0 Å². The molecule has 5 amide bonds. The molecular weight excluding hydrogens is 1340 g/mol. The van der Waals surface area contributed by atoms with Crippen LogP contribution in [0, 0.1) is 13.8 Å². The van der Waals surface area contributed by atoms with Crippen molar-refractivity contribution in [3.8, 4) is 61.8 Å². The molecule has 7 N–H and O–H groups in total. The van der Waals surface area contributed by atoms with E-state index in [1.807, 2.05) is 137 Å². The maximum absolute atomic E-state index is 13.1. The van der Waals surface area contributed by atoms with Gasteiger partial charge in [-0.3, -0.25) is 45.3 Å². The number of urea groups is 1. The molecule has 105 heavy (non-hydrogen) atoms. The zero-order valence-electron chi connectivity index (χ0n) is 59.0. The lowest BCUT2D eigenvalue weighted by atomic mass is 9.99. The zero-order chi connectivity index (χ0) is 73.7. The number of fused-ring (bicyclic) bond motifs is 3. The quantitative estimate of drug-likeness (QED) is 0.0419. The zero-order valence-corrected chi connectivity index (χ0v) is 59.0. The van der Waals surface area contributed by atoms with Crippen LogP contribution in [-0.2, 0) is 20.8 Å². The number of amides is 5. The number of imidazole rings is 4. The van der Waals surface area contributed by atoms with Crippen LogP contribution in [0.25, 0.3) is 94.9 Å². The molecule has 11 heterocycles. The number of nitrogens with one attached hydrogen (secondary N) is 7. The number of anilines is 3. The summed E-state index contributed by atoms with van der Waals surface area (Å²) in [5, 5.41) is 10.6. The molecule has 1 unspecified atom stereocenters. The van der Waals surface area contributed by atoms with Crippen LogP contribution in [0.15, 0.2) is 175 Å². The van der Waals surface area contributed by atoms with Crippen LogP contribution in [0.5, 0.6) is 0 Å². The van der Waals surface area contributed by atoms with E-state index < -0.39 is 12.2 Å². The molecule has 1 fully saturated rings. The van der Waals surface area contributed by atoms with Gasteiger partial charge in [0.1, 0.15) is 17.5 Å². The number of likely N-dealkylation sites (N-methyl/N-ethyl adjacent to an activating group) is 1. The molecule has 0 bridgehead atoms. The second-order valence-electron chi connectivity index (χ2n) is 24.5. The van der Waals surface area contributed by atoms with Gasteiger partial charge in [0.25, 0.3) is 17.0 Å². The lowest BCUT2D eigenvalue weighted by Crippen LogP contribution is -2.47. The number of H-pyrrole nitrogens is 3. The Kier molecular flexibility index (Phi) is 22.3. The van der Waals surface area contributed by atoms with Crippen molar-refractivity contribution in [2.45, 2.75) is 54.1 Å². The number of carbonyl (C=O) groups is 4. The summed E-state index contributed by atoms with van der Waals surface area (Å²) in [4.78, 5) is 128. The summed E-state index contributed by atoms with van der Waals surface area (Å²) in [6.45, 7) is 16.0. The van der Waals surface area contributed by atoms with Gasteiger partial charge in [-0.1, -0.05) is 12.1 Å². The SMILES string of the molecule is CCNC(=O)Nc1nc2c(-c3ccccn3)cc(-c3cc(C)n(C(C)COC)c(=O)c3)cc2[nH]1.CCOC(=O)Nc1nc2c(-c3ccccn3)cc(-c3cc(C)n(Cc4ccncc4)c(=O)c3)cc2[nH]1.CCOC(=O)Nc1nc2c(-c3ncccn3)cc(-n3cnc(C(=O)N4CCN(C)CC4)c3)cc2[nH]1. The average molecular weight is 1420 g/mol. The number of carbonyl (C=O) groups excluding carboxylic acids is 4. The number of methoxy groups -OCH3 is 1. The number of ether oxygens (including phenoxy) is 3. The van der Waals surface area contributed by atoms with Crippen LogP contribution in [0.3, 0.4) is 0 Å². The van der Waals surface area contributed by atoms with Crippen LogP contribution >= 0.6 is 0 Å². The summed E-state index contributed by atoms with van der Waals surface area (Å²) in [5.41, 5.74) is 14.5. The smallest absolute Gasteiger partial charge is 0.413 e. The average Bonchev–Trinajstić information content (AvgIpc) is 1.68. The van der Waals surface area contributed by atoms with Crippen molar-refractivity contribution in [1.29, 1.82) is 0 Å². The summed E-state index contributed by atoms with van der Waals surface area (Å²) in [6.07, 6.45) is 12.3. The van der Waals surface area contributed by atoms with Gasteiger partial charge >= 0.3 is 18.2 Å². The third-order valence-corrected chi connectivity index (χ3v) is 17.1. The van der Waals surface area contributed by atoms with Gasteiger partial charge in [-0.05, 0) is 167 Å². The molecule has 0 saturated carbocycles. The van der Waals surface area contributed by atoms with Crippen molar-refractivity contribution in [2.24, 2.45) is 0 Å². The van der Waals surface area contributed by atoms with Gasteiger partial charge in [0.2, 0.25) is 17.8 Å². The molecule has 3 aromatic carbocycles. The number of piperazine rings is 1. The third-order valence-electron chi connectivity index (χ3n) is 17.1. The van der Waals surface area contributed by atoms with Gasteiger partial charge in [-0.15, -0.1) is 0 Å². The lowest BCUT2D eigenvalue weighted by molar-refractivity contribution is 0.0658. The second-order valence-corrected chi connectivity index (χ2v) is 24.5. The number of hydrogen-bond donors (Lipinski definition) is 7. The Hall–Kier alpha value is -13.1. The molecule has 1 aliphatic heterocycles. The van der Waals surface area contributed by atoms with E-state index in [0.29, 0.717) is 83.4 Å². The number of aromatic nitrogens is 15. The first kappa shape index (κ1) is 71.7. The fourth-order valence-electron chi connectivity index (χ4n) is 12.2. The Morgan fingerprint density at radius 2 is 1.10 bits per heavy atom. The molecule has 0 radical (unpaired) electrons. The van der Waals surface area contributed by atoms with Crippen molar-refractivity contribution in [2.75, 3.05) is 82.7 Å². The minimum absolute atomic E-state index is 0.0754. The molecule has 0 aliphatic carbocycles. The first-order chi connectivity index (χ1) is 50.9. The first-order valence-corrected chi connectivity index (χ1v) is 33.9. The lowest BCUT2D eigenvalue weighted by Gasteiger charge is -2.31. The third kappa shape index (κ3) is 16.9. The Bertz CT molecular complexity index is 5380. The molecule has 30 nitrogen and oxygen atoms in total. The van der Waals surface area contributed by atoms with E-state index >= 15 is 0 Å². The number of benzene rings is 3. The highest BCUT2D eigenvalue weighted by atomic mass is 16.6. The number of rotatable bonds is 18. The van der Waals surface area contributed by atoms with Crippen LogP contribution in [-0.4, -0.2) is 174 Å². The Morgan fingerprint density at radius 1 is 0.571 bits per heavy atom. The number of nitrogens with zero attached hydrogens (tertiary/aromatic N) is 14. The summed E-state index contributed by atoms with van der Waals surface area (Å²) in [5.74, 6) is 1.22. The largest absolute Gasteiger partial charge is 0.450 e. The van der Waals surface area contributed by atoms with Gasteiger partial charge in [0.15, 0.2) is 5.82 Å². The van der Waals surface area contributed by atoms with Crippen LogP contribution in [0.2, 0.25) is 0 Å². The minimum atomic E-state index is -0.606. The second kappa shape index (κ2) is 32.7. The van der Waals surface area contributed by atoms with Crippen LogP contribution in [0.1, 0.15) is 61.2 Å². The monoisotopic (exact) mass is 1420 g/mol. The van der Waals surface area contributed by atoms with Crippen molar-refractivity contribution in [3.05, 3.63) is 208 Å². The molecule has 13 aromatic rings. The Morgan fingerprint density at radius 3 is 1.64 bits per heavy atom. The highest BCUT2D eigenvalue weighted by Gasteiger charge is 2.25. The van der Waals surface area contributed by atoms with E-state index in [0.717, 1.165) is 86.0 Å². The van der Waals surface area contributed by atoms with E-state index in [4.69, 9.17) is 14.2 Å². The molecule has 536 valence electrons. The Labute approximate surface area is 601 Å². The number of aromatic amines is 3. The van der Waals surface area contributed by atoms with Crippen LogP contribution < -0.4 is 32.4 Å². The summed E-state index contributed by atoms with van der Waals surface area (Å²) in [6, 6.07) is 35.1. The summed E-state index contributed by atoms with van der Waals surface area (Å²) in [7, 11) is 3.67.